The van der Waals surface area contributed by atoms with Crippen LogP contribution in [0.1, 0.15) is 16.3 Å². The maximum atomic E-state index is 13.2. The molecule has 0 spiro atoms. The third-order valence-corrected chi connectivity index (χ3v) is 2.53. The van der Waals surface area contributed by atoms with Crippen LogP contribution in [0.5, 0.6) is 5.75 Å². The van der Waals surface area contributed by atoms with Crippen molar-refractivity contribution in [3.05, 3.63) is 53.7 Å². The lowest BCUT2D eigenvalue weighted by molar-refractivity contribution is -0.123. The molecule has 2 aromatic rings. The van der Waals surface area contributed by atoms with Gasteiger partial charge in [-0.05, 0) is 24.3 Å². The molecule has 1 aromatic heterocycles. The minimum absolute atomic E-state index is 0.0150. The van der Waals surface area contributed by atoms with E-state index in [1.54, 1.807) is 6.07 Å². The number of amides is 1. The van der Waals surface area contributed by atoms with Crippen molar-refractivity contribution in [2.24, 2.45) is 0 Å². The van der Waals surface area contributed by atoms with Crippen LogP contribution < -0.4 is 10.1 Å². The lowest BCUT2D eigenvalue weighted by Gasteiger charge is -2.07. The summed E-state index contributed by atoms with van der Waals surface area (Å²) in [5.41, 5.74) is 0. The van der Waals surface area contributed by atoms with E-state index in [4.69, 9.17) is 14.3 Å². The first-order valence-corrected chi connectivity index (χ1v) is 6.02. The number of carbonyl (C=O) groups is 2. The molecule has 0 atom stereocenters. The molecule has 1 heterocycles. The average Bonchev–Trinajstić information content (AvgIpc) is 2.93. The van der Waals surface area contributed by atoms with E-state index >= 15 is 0 Å². The molecule has 21 heavy (non-hydrogen) atoms. The van der Waals surface area contributed by atoms with Crippen LogP contribution in [0, 0.1) is 5.82 Å². The van der Waals surface area contributed by atoms with Crippen molar-refractivity contribution < 1.29 is 28.2 Å². The molecule has 1 amide bonds. The molecule has 2 N–H and O–H groups in total. The molecule has 0 radical (unpaired) electrons. The van der Waals surface area contributed by atoms with Gasteiger partial charge in [0.05, 0.1) is 6.54 Å². The van der Waals surface area contributed by atoms with Crippen molar-refractivity contribution in [1.29, 1.82) is 0 Å². The van der Waals surface area contributed by atoms with E-state index in [9.17, 15) is 14.0 Å². The van der Waals surface area contributed by atoms with Crippen LogP contribution in [0.15, 0.2) is 40.8 Å². The Bertz CT molecular complexity index is 652. The molecule has 6 nitrogen and oxygen atoms in total. The minimum Gasteiger partial charge on any atom is -0.481 e. The van der Waals surface area contributed by atoms with Crippen molar-refractivity contribution in [2.75, 3.05) is 6.61 Å². The maximum Gasteiger partial charge on any atom is 0.371 e. The number of rotatable bonds is 6. The number of carboxylic acids is 1. The van der Waals surface area contributed by atoms with Gasteiger partial charge in [0.2, 0.25) is 5.76 Å². The molecule has 7 heteroatoms. The summed E-state index contributed by atoms with van der Waals surface area (Å²) in [5, 5.41) is 11.1. The summed E-state index contributed by atoms with van der Waals surface area (Å²) in [4.78, 5) is 22.1. The fourth-order valence-electron chi connectivity index (χ4n) is 1.53. The summed E-state index contributed by atoms with van der Waals surface area (Å²) in [7, 11) is 0. The van der Waals surface area contributed by atoms with E-state index in [0.29, 0.717) is 5.76 Å². The highest BCUT2D eigenvalue weighted by atomic mass is 19.1. The number of hydrogen-bond donors (Lipinski definition) is 2. The molecule has 0 saturated heterocycles. The second kappa shape index (κ2) is 6.56. The summed E-state index contributed by atoms with van der Waals surface area (Å²) >= 11 is 0. The number of furan rings is 1. The zero-order chi connectivity index (χ0) is 15.2. The molecule has 0 aliphatic rings. The number of para-hydroxylation sites is 1. The van der Waals surface area contributed by atoms with Crippen molar-refractivity contribution in [2.45, 2.75) is 6.54 Å². The van der Waals surface area contributed by atoms with E-state index in [-0.39, 0.29) is 24.7 Å². The van der Waals surface area contributed by atoms with E-state index < -0.39 is 17.7 Å². The third kappa shape index (κ3) is 4.07. The van der Waals surface area contributed by atoms with Crippen LogP contribution in [-0.4, -0.2) is 23.6 Å². The highest BCUT2D eigenvalue weighted by Crippen LogP contribution is 2.15. The lowest BCUT2D eigenvalue weighted by atomic mass is 10.3. The molecule has 0 fully saturated rings. The van der Waals surface area contributed by atoms with E-state index in [2.05, 4.69) is 5.32 Å². The maximum absolute atomic E-state index is 13.2. The van der Waals surface area contributed by atoms with Gasteiger partial charge in [-0.25, -0.2) is 9.18 Å². The number of halogens is 1. The Labute approximate surface area is 119 Å². The van der Waals surface area contributed by atoms with Gasteiger partial charge in [-0.1, -0.05) is 12.1 Å². The molecule has 1 aromatic carbocycles. The van der Waals surface area contributed by atoms with E-state index in [1.165, 1.54) is 30.3 Å². The van der Waals surface area contributed by atoms with Gasteiger partial charge >= 0.3 is 5.97 Å². The monoisotopic (exact) mass is 293 g/mol. The molecule has 0 saturated carbocycles. The van der Waals surface area contributed by atoms with E-state index in [1.807, 2.05) is 0 Å². The summed E-state index contributed by atoms with van der Waals surface area (Å²) in [6, 6.07) is 8.48. The molecule has 0 unspecified atom stereocenters. The van der Waals surface area contributed by atoms with Gasteiger partial charge in [0.15, 0.2) is 18.2 Å². The van der Waals surface area contributed by atoms with Crippen LogP contribution in [0.4, 0.5) is 4.39 Å². The zero-order valence-electron chi connectivity index (χ0n) is 10.8. The number of carbonyl (C=O) groups excluding carboxylic acids is 1. The number of aromatic carboxylic acids is 1. The van der Waals surface area contributed by atoms with Gasteiger partial charge in [0, 0.05) is 0 Å². The van der Waals surface area contributed by atoms with Crippen molar-refractivity contribution in [3.8, 4) is 5.75 Å². The van der Waals surface area contributed by atoms with Crippen LogP contribution in [0.25, 0.3) is 0 Å². The predicted octanol–water partition coefficient (Wildman–Crippen LogP) is 1.81. The van der Waals surface area contributed by atoms with Gasteiger partial charge in [-0.15, -0.1) is 0 Å². The Kier molecular flexibility index (Phi) is 4.55. The third-order valence-electron chi connectivity index (χ3n) is 2.53. The Hall–Kier alpha value is -2.83. The fraction of sp³-hybridized carbons (Fsp3) is 0.143. The standard InChI is InChI=1S/C14H12FNO5/c15-10-3-1-2-4-11(10)20-8-13(17)16-7-9-5-6-12(21-9)14(18)19/h1-6H,7-8H2,(H,16,17)(H,18,19). The Morgan fingerprint density at radius 2 is 2.00 bits per heavy atom. The Morgan fingerprint density at radius 3 is 2.67 bits per heavy atom. The highest BCUT2D eigenvalue weighted by molar-refractivity contribution is 5.84. The summed E-state index contributed by atoms with van der Waals surface area (Å²) < 4.78 is 23.2. The molecular formula is C14H12FNO5. The summed E-state index contributed by atoms with van der Waals surface area (Å²) in [6.07, 6.45) is 0. The Balaban J connectivity index is 1.79. The van der Waals surface area contributed by atoms with E-state index in [0.717, 1.165) is 0 Å². The smallest absolute Gasteiger partial charge is 0.371 e. The lowest BCUT2D eigenvalue weighted by Crippen LogP contribution is -2.28. The first-order valence-electron chi connectivity index (χ1n) is 6.02. The van der Waals surface area contributed by atoms with Crippen LogP contribution in [-0.2, 0) is 11.3 Å². The van der Waals surface area contributed by atoms with Gasteiger partial charge in [-0.3, -0.25) is 4.79 Å². The van der Waals surface area contributed by atoms with Crippen LogP contribution in [0.2, 0.25) is 0 Å². The van der Waals surface area contributed by atoms with Gasteiger partial charge < -0.3 is 19.6 Å². The van der Waals surface area contributed by atoms with Crippen molar-refractivity contribution in [3.63, 3.8) is 0 Å². The first kappa shape index (κ1) is 14.6. The van der Waals surface area contributed by atoms with Crippen LogP contribution >= 0.6 is 0 Å². The Morgan fingerprint density at radius 1 is 1.24 bits per heavy atom. The number of carboxylic acid groups (broad SMARTS) is 1. The summed E-state index contributed by atoms with van der Waals surface area (Å²) in [5.74, 6) is -2.14. The molecule has 0 bridgehead atoms. The van der Waals surface area contributed by atoms with Crippen LogP contribution in [0.3, 0.4) is 0 Å². The largest absolute Gasteiger partial charge is 0.481 e. The highest BCUT2D eigenvalue weighted by Gasteiger charge is 2.10. The average molecular weight is 293 g/mol. The fourth-order valence-corrected chi connectivity index (χ4v) is 1.53. The minimum atomic E-state index is -1.18. The van der Waals surface area contributed by atoms with Crippen molar-refractivity contribution >= 4 is 11.9 Å². The predicted molar refractivity (Wildman–Crippen MR) is 69.4 cm³/mol. The van der Waals surface area contributed by atoms with Gasteiger partial charge in [0.1, 0.15) is 5.76 Å². The second-order valence-electron chi connectivity index (χ2n) is 4.07. The molecule has 110 valence electrons. The van der Waals surface area contributed by atoms with Crippen molar-refractivity contribution in [1.82, 2.24) is 5.32 Å². The SMILES string of the molecule is O=C(COc1ccccc1F)NCc1ccc(C(=O)O)o1. The number of ether oxygens (including phenoxy) is 1. The molecular weight excluding hydrogens is 281 g/mol. The number of benzene rings is 1. The molecule has 0 aliphatic carbocycles. The number of nitrogens with one attached hydrogen (secondary N) is 1. The second-order valence-corrected chi connectivity index (χ2v) is 4.07. The first-order chi connectivity index (χ1) is 10.1. The normalized spacial score (nSPS) is 10.1. The molecule has 2 rings (SSSR count). The quantitative estimate of drug-likeness (QED) is 0.848. The summed E-state index contributed by atoms with van der Waals surface area (Å²) in [6.45, 7) is -0.333. The zero-order valence-corrected chi connectivity index (χ0v) is 10.8. The topological polar surface area (TPSA) is 88.8 Å². The molecule has 0 aliphatic heterocycles. The number of hydrogen-bond acceptors (Lipinski definition) is 4. The van der Waals surface area contributed by atoms with Gasteiger partial charge in [0.25, 0.3) is 5.91 Å². The van der Waals surface area contributed by atoms with Gasteiger partial charge in [-0.2, -0.15) is 0 Å².